The number of ether oxygens (including phenoxy) is 1. The van der Waals surface area contributed by atoms with Gasteiger partial charge in [-0.3, -0.25) is 14.6 Å². The summed E-state index contributed by atoms with van der Waals surface area (Å²) in [5.74, 6) is -0.476. The van der Waals surface area contributed by atoms with Gasteiger partial charge in [-0.15, -0.1) is 0 Å². The van der Waals surface area contributed by atoms with Crippen molar-refractivity contribution in [2.45, 2.75) is 76.9 Å². The lowest BCUT2D eigenvalue weighted by Gasteiger charge is -2.12. The maximum absolute atomic E-state index is 11.6. The molecule has 0 aromatic heterocycles. The zero-order valence-corrected chi connectivity index (χ0v) is 19.1. The van der Waals surface area contributed by atoms with Crippen LogP contribution < -0.4 is 0 Å². The van der Waals surface area contributed by atoms with Crippen LogP contribution in [0.4, 0.5) is 0 Å². The third-order valence-electron chi connectivity index (χ3n) is 4.07. The Morgan fingerprint density at radius 3 is 2.39 bits per heavy atom. The summed E-state index contributed by atoms with van der Waals surface area (Å²) in [6.45, 7) is 1.10. The maximum atomic E-state index is 11.6. The highest BCUT2D eigenvalue weighted by Gasteiger charge is 2.17. The quantitative estimate of drug-likeness (QED) is 0.0556. The number of carbonyl (C=O) groups is 1. The molecular formula is C21H37O9P. The number of allylic oxidation sites excluding steroid dienone is 4. The fourth-order valence-electron chi connectivity index (χ4n) is 2.45. The second kappa shape index (κ2) is 19.4. The van der Waals surface area contributed by atoms with Gasteiger partial charge in [0.15, 0.2) is 0 Å². The highest BCUT2D eigenvalue weighted by molar-refractivity contribution is 7.46. The van der Waals surface area contributed by atoms with E-state index in [2.05, 4.69) is 28.5 Å². The highest BCUT2D eigenvalue weighted by Crippen LogP contribution is 2.35. The van der Waals surface area contributed by atoms with E-state index in [1.807, 2.05) is 24.3 Å². The minimum atomic E-state index is -4.65. The number of carbonyl (C=O) groups excluding carboxylic acids is 1. The minimum Gasteiger partial charge on any atom is -0.463 e. The maximum Gasteiger partial charge on any atom is 0.469 e. The van der Waals surface area contributed by atoms with Crippen molar-refractivity contribution in [3.05, 3.63) is 36.5 Å². The molecule has 0 rings (SSSR count). The van der Waals surface area contributed by atoms with Crippen molar-refractivity contribution >= 4 is 13.8 Å². The van der Waals surface area contributed by atoms with Crippen molar-refractivity contribution in [1.29, 1.82) is 0 Å². The Kier molecular flexibility index (Phi) is 18.5. The van der Waals surface area contributed by atoms with Crippen LogP contribution in [0.1, 0.15) is 64.7 Å². The van der Waals surface area contributed by atoms with Gasteiger partial charge < -0.3 is 19.6 Å². The largest absolute Gasteiger partial charge is 0.469 e. The second-order valence-corrected chi connectivity index (χ2v) is 8.21. The first-order chi connectivity index (χ1) is 14.8. The summed E-state index contributed by atoms with van der Waals surface area (Å²) in [5.41, 5.74) is 0. The molecule has 0 saturated heterocycles. The minimum absolute atomic E-state index is 0.210. The van der Waals surface area contributed by atoms with E-state index in [-0.39, 0.29) is 19.1 Å². The lowest BCUT2D eigenvalue weighted by molar-refractivity contribution is -0.264. The van der Waals surface area contributed by atoms with E-state index in [1.54, 1.807) is 0 Å². The number of unbranched alkanes of at least 4 members (excludes halogenated alkanes) is 4. The topological polar surface area (TPSA) is 143 Å². The molecule has 31 heavy (non-hydrogen) atoms. The van der Waals surface area contributed by atoms with Crippen LogP contribution in [0.25, 0.3) is 0 Å². The predicted molar refractivity (Wildman–Crippen MR) is 117 cm³/mol. The van der Waals surface area contributed by atoms with Crippen LogP contribution in [0.15, 0.2) is 36.5 Å². The summed E-state index contributed by atoms with van der Waals surface area (Å²) < 4.78 is 19.5. The van der Waals surface area contributed by atoms with Gasteiger partial charge in [0.1, 0.15) is 18.8 Å². The molecule has 0 saturated carbocycles. The summed E-state index contributed by atoms with van der Waals surface area (Å²) in [6.07, 6.45) is 17.3. The fraction of sp³-hybridized carbons (Fsp3) is 0.667. The summed E-state index contributed by atoms with van der Waals surface area (Å²) in [5, 5.41) is 18.4. The Morgan fingerprint density at radius 2 is 1.71 bits per heavy atom. The molecule has 10 heteroatoms. The first kappa shape index (κ1) is 29.7. The zero-order chi connectivity index (χ0) is 23.4. The molecule has 9 nitrogen and oxygen atoms in total. The van der Waals surface area contributed by atoms with Gasteiger partial charge in [-0.25, -0.2) is 9.45 Å². The molecule has 0 fully saturated rings. The number of esters is 1. The number of hydrogen-bond acceptors (Lipinski definition) is 7. The molecule has 2 unspecified atom stereocenters. The van der Waals surface area contributed by atoms with E-state index in [0.29, 0.717) is 12.8 Å². The smallest absolute Gasteiger partial charge is 0.463 e. The molecule has 0 amide bonds. The molecule has 0 heterocycles. The summed E-state index contributed by atoms with van der Waals surface area (Å²) in [6, 6.07) is 0. The molecule has 0 aliphatic carbocycles. The van der Waals surface area contributed by atoms with Crippen molar-refractivity contribution < 1.29 is 43.7 Å². The molecule has 0 aliphatic rings. The molecular weight excluding hydrogens is 427 g/mol. The van der Waals surface area contributed by atoms with Gasteiger partial charge in [0.05, 0.1) is 6.61 Å². The van der Waals surface area contributed by atoms with Gasteiger partial charge in [-0.1, -0.05) is 56.2 Å². The van der Waals surface area contributed by atoms with E-state index in [4.69, 9.17) is 19.8 Å². The first-order valence-electron chi connectivity index (χ1n) is 10.6. The standard InChI is InChI=1S/C21H37O9P/c1-2-3-4-5-8-11-14-20(30-24)15-12-9-6-7-10-13-16-21(23)28-17-19(22)18-29-31(25,26)27/h3-4,8,11-12,15,19-20,22,24H,2,5-7,9-10,13-14,16-18H2,1H3,(H2,25,26,27)/b4-3-,11-8-,15-12+. The number of aliphatic hydroxyl groups is 1. The van der Waals surface area contributed by atoms with Crippen LogP contribution in [-0.2, 0) is 23.5 Å². The second-order valence-electron chi connectivity index (χ2n) is 6.97. The molecule has 180 valence electrons. The summed E-state index contributed by atoms with van der Waals surface area (Å²) in [7, 11) is -4.65. The predicted octanol–water partition coefficient (Wildman–Crippen LogP) is 4.06. The van der Waals surface area contributed by atoms with Crippen LogP contribution in [0.2, 0.25) is 0 Å². The molecule has 0 aromatic rings. The molecule has 0 radical (unpaired) electrons. The third kappa shape index (κ3) is 21.7. The monoisotopic (exact) mass is 464 g/mol. The molecule has 0 bridgehead atoms. The molecule has 0 aliphatic heterocycles. The van der Waals surface area contributed by atoms with Gasteiger partial charge in [-0.05, 0) is 38.5 Å². The molecule has 2 atom stereocenters. The van der Waals surface area contributed by atoms with Crippen LogP contribution in [0.3, 0.4) is 0 Å². The number of rotatable bonds is 19. The van der Waals surface area contributed by atoms with Gasteiger partial charge in [0, 0.05) is 6.42 Å². The fourth-order valence-corrected chi connectivity index (χ4v) is 2.82. The zero-order valence-electron chi connectivity index (χ0n) is 18.2. The van der Waals surface area contributed by atoms with Crippen molar-refractivity contribution in [3.8, 4) is 0 Å². The van der Waals surface area contributed by atoms with Crippen LogP contribution >= 0.6 is 7.82 Å². The van der Waals surface area contributed by atoms with Gasteiger partial charge in [0.25, 0.3) is 0 Å². The lowest BCUT2D eigenvalue weighted by Crippen LogP contribution is -2.23. The Morgan fingerprint density at radius 1 is 1.00 bits per heavy atom. The number of hydrogen-bond donors (Lipinski definition) is 4. The lowest BCUT2D eigenvalue weighted by atomic mass is 10.1. The average Bonchev–Trinajstić information content (AvgIpc) is 2.72. The van der Waals surface area contributed by atoms with Gasteiger partial charge in [0.2, 0.25) is 0 Å². The third-order valence-corrected chi connectivity index (χ3v) is 4.55. The summed E-state index contributed by atoms with van der Waals surface area (Å²) in [4.78, 5) is 33.0. The first-order valence-corrected chi connectivity index (χ1v) is 12.1. The van der Waals surface area contributed by atoms with E-state index in [9.17, 15) is 14.5 Å². The van der Waals surface area contributed by atoms with Gasteiger partial charge >= 0.3 is 13.8 Å². The Hall–Kier alpha value is -1.32. The Bertz CT molecular complexity index is 583. The average molecular weight is 464 g/mol. The molecule has 0 spiro atoms. The van der Waals surface area contributed by atoms with Crippen molar-refractivity contribution in [3.63, 3.8) is 0 Å². The van der Waals surface area contributed by atoms with E-state index in [0.717, 1.165) is 38.5 Å². The van der Waals surface area contributed by atoms with E-state index >= 15 is 0 Å². The normalized spacial score (nSPS) is 14.6. The molecule has 0 aromatic carbocycles. The van der Waals surface area contributed by atoms with Crippen molar-refractivity contribution in [2.24, 2.45) is 0 Å². The van der Waals surface area contributed by atoms with Crippen LogP contribution in [0, 0.1) is 0 Å². The van der Waals surface area contributed by atoms with E-state index < -0.39 is 26.5 Å². The number of phosphoric acid groups is 1. The Labute approximate surface area is 184 Å². The SMILES string of the molecule is CC/C=C\C/C=C\CC(/C=C/CCCCCCC(=O)OCC(O)COP(=O)(O)O)OO. The van der Waals surface area contributed by atoms with Gasteiger partial charge in [-0.2, -0.15) is 0 Å². The number of phosphoric ester groups is 1. The number of aliphatic hydroxyl groups excluding tert-OH is 1. The van der Waals surface area contributed by atoms with Crippen molar-refractivity contribution in [1.82, 2.24) is 0 Å². The van der Waals surface area contributed by atoms with Crippen LogP contribution in [0.5, 0.6) is 0 Å². The van der Waals surface area contributed by atoms with Crippen LogP contribution in [-0.4, -0.2) is 51.5 Å². The summed E-state index contributed by atoms with van der Waals surface area (Å²) >= 11 is 0. The van der Waals surface area contributed by atoms with E-state index in [1.165, 1.54) is 0 Å². The highest BCUT2D eigenvalue weighted by atomic mass is 31.2. The molecule has 4 N–H and O–H groups in total. The van der Waals surface area contributed by atoms with Crippen molar-refractivity contribution in [2.75, 3.05) is 13.2 Å². The Balaban J connectivity index is 3.72.